The molecule has 10 heteroatoms. The summed E-state index contributed by atoms with van der Waals surface area (Å²) in [6, 6.07) is 6.12. The van der Waals surface area contributed by atoms with Gasteiger partial charge in [-0.3, -0.25) is 4.57 Å². The second kappa shape index (κ2) is 8.09. The van der Waals surface area contributed by atoms with Crippen molar-refractivity contribution < 1.29 is 23.9 Å². The fraction of sp³-hybridized carbons (Fsp3) is 0.524. The van der Waals surface area contributed by atoms with E-state index in [2.05, 4.69) is 4.98 Å². The molecule has 31 heavy (non-hydrogen) atoms. The number of imidazole rings is 1. The zero-order chi connectivity index (χ0) is 22.2. The van der Waals surface area contributed by atoms with E-state index in [1.54, 1.807) is 9.47 Å². The van der Waals surface area contributed by atoms with Crippen molar-refractivity contribution in [3.05, 3.63) is 45.6 Å². The Kier molecular flexibility index (Phi) is 5.47. The minimum absolute atomic E-state index is 0.221. The predicted molar refractivity (Wildman–Crippen MR) is 110 cm³/mol. The first-order chi connectivity index (χ1) is 14.7. The van der Waals surface area contributed by atoms with Crippen LogP contribution >= 0.6 is 0 Å². The lowest BCUT2D eigenvalue weighted by molar-refractivity contribution is -0.389. The van der Waals surface area contributed by atoms with E-state index < -0.39 is 10.5 Å². The van der Waals surface area contributed by atoms with Crippen LogP contribution in [0.5, 0.6) is 11.8 Å². The minimum atomic E-state index is -0.534. The molecule has 3 heterocycles. The van der Waals surface area contributed by atoms with Gasteiger partial charge in [-0.1, -0.05) is 6.07 Å². The molecule has 0 saturated carbocycles. The van der Waals surface area contributed by atoms with Gasteiger partial charge in [-0.25, -0.2) is 4.79 Å². The van der Waals surface area contributed by atoms with Crippen molar-refractivity contribution >= 4 is 11.9 Å². The zero-order valence-electron chi connectivity index (χ0n) is 17.9. The fourth-order valence-corrected chi connectivity index (χ4v) is 3.63. The average Bonchev–Trinajstić information content (AvgIpc) is 3.14. The van der Waals surface area contributed by atoms with Crippen LogP contribution in [0.3, 0.4) is 0 Å². The van der Waals surface area contributed by atoms with Crippen molar-refractivity contribution in [1.82, 2.24) is 14.5 Å². The molecule has 1 atom stereocenters. The third-order valence-electron chi connectivity index (χ3n) is 5.16. The number of aromatic nitrogens is 2. The molecule has 0 fully saturated rings. The highest BCUT2D eigenvalue weighted by Gasteiger charge is 2.29. The summed E-state index contributed by atoms with van der Waals surface area (Å²) in [4.78, 5) is 28.3. The minimum Gasteiger partial charge on any atom is -0.490 e. The molecule has 1 unspecified atom stereocenters. The monoisotopic (exact) mass is 430 g/mol. The van der Waals surface area contributed by atoms with E-state index in [4.69, 9.17) is 14.2 Å². The fourth-order valence-electron chi connectivity index (χ4n) is 3.63. The van der Waals surface area contributed by atoms with Crippen molar-refractivity contribution in [2.24, 2.45) is 0 Å². The molecule has 0 N–H and O–H groups in total. The molecular weight excluding hydrogens is 404 g/mol. The molecule has 0 radical (unpaired) electrons. The van der Waals surface area contributed by atoms with Crippen molar-refractivity contribution in [3.8, 4) is 11.8 Å². The quantitative estimate of drug-likeness (QED) is 0.541. The summed E-state index contributed by atoms with van der Waals surface area (Å²) < 4.78 is 18.8. The van der Waals surface area contributed by atoms with E-state index >= 15 is 0 Å². The Bertz CT molecular complexity index is 996. The second-order valence-electron chi connectivity index (χ2n) is 8.75. The number of nitro groups is 1. The van der Waals surface area contributed by atoms with E-state index in [0.29, 0.717) is 38.4 Å². The van der Waals surface area contributed by atoms with Gasteiger partial charge in [0.05, 0.1) is 0 Å². The summed E-state index contributed by atoms with van der Waals surface area (Å²) in [6.07, 6.45) is 2.25. The molecule has 1 amide bonds. The molecule has 0 bridgehead atoms. The van der Waals surface area contributed by atoms with Gasteiger partial charge in [-0.15, -0.1) is 0 Å². The maximum Gasteiger partial charge on any atom is 0.414 e. The standard InChI is InChI=1S/C21H26N4O6/c1-21(2,3)31-20(26)24-8-6-14-4-5-16(10-15(14)11-24)29-13-17-7-9-23-12-18(25(27)28)22-19(23)30-17/h4-5,10,12,17H,6-9,11,13H2,1-3H3. The van der Waals surface area contributed by atoms with Crippen LogP contribution in [-0.2, 0) is 24.2 Å². The first-order valence-electron chi connectivity index (χ1n) is 10.3. The SMILES string of the molecule is CC(C)(C)OC(=O)N1CCc2ccc(OCC3CCn4cc([N+](=O)[O-])nc4O3)cc2C1. The lowest BCUT2D eigenvalue weighted by Crippen LogP contribution is -2.39. The number of carbonyl (C=O) groups excluding carboxylic acids is 1. The third kappa shape index (κ3) is 4.89. The summed E-state index contributed by atoms with van der Waals surface area (Å²) in [7, 11) is 0. The van der Waals surface area contributed by atoms with Crippen LogP contribution in [0.25, 0.3) is 0 Å². The number of rotatable bonds is 4. The summed E-state index contributed by atoms with van der Waals surface area (Å²) >= 11 is 0. The number of hydrogen-bond donors (Lipinski definition) is 0. The third-order valence-corrected chi connectivity index (χ3v) is 5.16. The predicted octanol–water partition coefficient (Wildman–Crippen LogP) is 3.31. The topological polar surface area (TPSA) is 109 Å². The Hall–Kier alpha value is -3.30. The molecule has 2 aliphatic rings. The van der Waals surface area contributed by atoms with Crippen molar-refractivity contribution in [1.29, 1.82) is 0 Å². The van der Waals surface area contributed by atoms with Crippen molar-refractivity contribution in [2.75, 3.05) is 13.2 Å². The van der Waals surface area contributed by atoms with Crippen molar-refractivity contribution in [3.63, 3.8) is 0 Å². The average molecular weight is 430 g/mol. The van der Waals surface area contributed by atoms with Gasteiger partial charge in [0.15, 0.2) is 0 Å². The first-order valence-corrected chi connectivity index (χ1v) is 10.3. The van der Waals surface area contributed by atoms with Crippen LogP contribution in [0.15, 0.2) is 24.4 Å². The number of fused-ring (bicyclic) bond motifs is 2. The molecular formula is C21H26N4O6. The molecule has 0 spiro atoms. The van der Waals surface area contributed by atoms with Crippen molar-refractivity contribution in [2.45, 2.75) is 58.4 Å². The van der Waals surface area contributed by atoms with E-state index in [-0.39, 0.29) is 24.0 Å². The Morgan fingerprint density at radius 3 is 2.87 bits per heavy atom. The van der Waals surface area contributed by atoms with Crippen LogP contribution in [0, 0.1) is 10.1 Å². The van der Waals surface area contributed by atoms with Gasteiger partial charge < -0.3 is 29.2 Å². The molecule has 2 aliphatic heterocycles. The Morgan fingerprint density at radius 2 is 2.13 bits per heavy atom. The highest BCUT2D eigenvalue weighted by molar-refractivity contribution is 5.68. The number of nitrogens with zero attached hydrogens (tertiary/aromatic N) is 4. The van der Waals surface area contributed by atoms with Gasteiger partial charge in [-0.05, 0) is 55.4 Å². The molecule has 0 saturated heterocycles. The number of carbonyl (C=O) groups is 1. The van der Waals surface area contributed by atoms with Crippen LogP contribution in [0.4, 0.5) is 10.6 Å². The lowest BCUT2D eigenvalue weighted by Gasteiger charge is -2.31. The lowest BCUT2D eigenvalue weighted by atomic mass is 10.00. The maximum atomic E-state index is 12.4. The molecule has 1 aromatic carbocycles. The largest absolute Gasteiger partial charge is 0.490 e. The second-order valence-corrected chi connectivity index (χ2v) is 8.75. The van der Waals surface area contributed by atoms with E-state index in [1.165, 1.54) is 11.8 Å². The maximum absolute atomic E-state index is 12.4. The number of ether oxygens (including phenoxy) is 3. The Balaban J connectivity index is 1.36. The molecule has 2 aromatic rings. The normalized spacial score (nSPS) is 17.9. The number of benzene rings is 1. The molecule has 10 nitrogen and oxygen atoms in total. The molecule has 4 rings (SSSR count). The summed E-state index contributed by atoms with van der Waals surface area (Å²) in [6.45, 7) is 7.54. The number of aryl methyl sites for hydroxylation is 1. The van der Waals surface area contributed by atoms with Gasteiger partial charge in [0, 0.05) is 31.0 Å². The summed E-state index contributed by atoms with van der Waals surface area (Å²) in [5.41, 5.74) is 1.69. The van der Waals surface area contributed by atoms with Gasteiger partial charge >= 0.3 is 17.9 Å². The number of amides is 1. The van der Waals surface area contributed by atoms with E-state index in [0.717, 1.165) is 12.0 Å². The van der Waals surface area contributed by atoms with E-state index in [9.17, 15) is 14.9 Å². The highest BCUT2D eigenvalue weighted by Crippen LogP contribution is 2.27. The van der Waals surface area contributed by atoms with E-state index in [1.807, 2.05) is 39.0 Å². The zero-order valence-corrected chi connectivity index (χ0v) is 17.9. The molecule has 1 aromatic heterocycles. The van der Waals surface area contributed by atoms with Gasteiger partial charge in [-0.2, -0.15) is 0 Å². The van der Waals surface area contributed by atoms with Gasteiger partial charge in [0.1, 0.15) is 30.3 Å². The van der Waals surface area contributed by atoms with Gasteiger partial charge in [0.25, 0.3) is 0 Å². The van der Waals surface area contributed by atoms with Crippen LogP contribution in [0.1, 0.15) is 38.3 Å². The summed E-state index contributed by atoms with van der Waals surface area (Å²) in [5.74, 6) is 0.467. The Labute approximate surface area is 179 Å². The highest BCUT2D eigenvalue weighted by atomic mass is 16.6. The summed E-state index contributed by atoms with van der Waals surface area (Å²) in [5, 5.41) is 10.9. The molecule has 0 aliphatic carbocycles. The molecule has 166 valence electrons. The van der Waals surface area contributed by atoms with Gasteiger partial charge in [0.2, 0.25) is 0 Å². The Morgan fingerprint density at radius 1 is 1.32 bits per heavy atom. The van der Waals surface area contributed by atoms with Crippen LogP contribution in [0.2, 0.25) is 0 Å². The first kappa shape index (κ1) is 21.0. The van der Waals surface area contributed by atoms with Crippen LogP contribution < -0.4 is 9.47 Å². The smallest absolute Gasteiger partial charge is 0.414 e. The van der Waals surface area contributed by atoms with Crippen LogP contribution in [-0.4, -0.2) is 50.3 Å². The number of hydrogen-bond acceptors (Lipinski definition) is 7.